The SMILES string of the molecule is CCCCCCCCCCCCCCC(O)CN1CCN(CC(=O)[O-])CCN(CC(=O)[O-])CCN(CC(=O)[O-])CC1.[Gd+3]. The molecule has 0 aromatic heterocycles. The van der Waals surface area contributed by atoms with Crippen LogP contribution in [0.5, 0.6) is 0 Å². The van der Waals surface area contributed by atoms with Gasteiger partial charge in [0.05, 0.1) is 24.0 Å². The van der Waals surface area contributed by atoms with E-state index < -0.39 is 24.0 Å². The first-order chi connectivity index (χ1) is 19.7. The summed E-state index contributed by atoms with van der Waals surface area (Å²) in [7, 11) is 0. The molecule has 0 saturated carbocycles. The van der Waals surface area contributed by atoms with E-state index >= 15 is 0 Å². The summed E-state index contributed by atoms with van der Waals surface area (Å²) in [6, 6.07) is 0. The summed E-state index contributed by atoms with van der Waals surface area (Å²) in [4.78, 5) is 40.9. The number of carbonyl (C=O) groups excluding carboxylic acids is 3. The van der Waals surface area contributed by atoms with Crippen LogP contribution in [-0.2, 0) is 14.4 Å². The number of aliphatic carboxylic acids is 3. The topological polar surface area (TPSA) is 154 Å². The van der Waals surface area contributed by atoms with Gasteiger partial charge in [-0.2, -0.15) is 0 Å². The van der Waals surface area contributed by atoms with Crippen LogP contribution in [0.25, 0.3) is 0 Å². The Balaban J connectivity index is 0.0000168. The van der Waals surface area contributed by atoms with E-state index in [4.69, 9.17) is 0 Å². The van der Waals surface area contributed by atoms with E-state index in [1.54, 1.807) is 14.7 Å². The fraction of sp³-hybridized carbons (Fsp3) is 0.900. The zero-order chi connectivity index (χ0) is 30.3. The second-order valence-corrected chi connectivity index (χ2v) is 11.6. The third-order valence-corrected chi connectivity index (χ3v) is 7.85. The third-order valence-electron chi connectivity index (χ3n) is 7.85. The monoisotopic (exact) mass is 741 g/mol. The maximum Gasteiger partial charge on any atom is 3.00 e. The number of unbranched alkanes of at least 4 members (excludes halogenated alkanes) is 11. The molecule has 12 heteroatoms. The van der Waals surface area contributed by atoms with Crippen molar-refractivity contribution >= 4 is 17.9 Å². The van der Waals surface area contributed by atoms with Crippen LogP contribution in [0.1, 0.15) is 90.4 Å². The van der Waals surface area contributed by atoms with E-state index in [0.717, 1.165) is 12.8 Å². The largest absolute Gasteiger partial charge is 3.00 e. The number of aliphatic hydroxyl groups excluding tert-OH is 1. The number of carbonyl (C=O) groups is 3. The number of β-amino-alcohol motifs (C(OH)–C–C–N with tert-alkyl or cyclic N) is 1. The summed E-state index contributed by atoms with van der Waals surface area (Å²) in [6.07, 6.45) is 15.2. The summed E-state index contributed by atoms with van der Waals surface area (Å²) in [6.45, 7) is 4.80. The van der Waals surface area contributed by atoms with E-state index in [9.17, 15) is 34.8 Å². The van der Waals surface area contributed by atoms with Crippen LogP contribution in [0.4, 0.5) is 0 Å². The number of carboxylic acids is 3. The summed E-state index contributed by atoms with van der Waals surface area (Å²) in [5.74, 6) is -3.66. The standard InChI is InChI=1S/C30H58N4O7.Gd/c1-2-3-4-5-6-7-8-9-10-11-12-13-14-27(35)23-31-15-17-32(24-28(36)37)19-21-34(26-30(40)41)22-20-33(18-16-31)25-29(38)39;/h27,35H,2-26H2,1H3,(H,36,37)(H,38,39)(H,40,41);/q;+3/p-3. The molecule has 1 saturated heterocycles. The molecule has 1 unspecified atom stereocenters. The van der Waals surface area contributed by atoms with Crippen LogP contribution in [0.3, 0.4) is 0 Å². The summed E-state index contributed by atoms with van der Waals surface area (Å²) in [5, 5.41) is 44.6. The molecular weight excluding hydrogens is 686 g/mol. The van der Waals surface area contributed by atoms with Gasteiger partial charge in [-0.15, -0.1) is 0 Å². The average Bonchev–Trinajstić information content (AvgIpc) is 2.90. The minimum absolute atomic E-state index is 0. The fourth-order valence-corrected chi connectivity index (χ4v) is 5.39. The normalized spacial score (nSPS) is 17.6. The second-order valence-electron chi connectivity index (χ2n) is 11.6. The zero-order valence-electron chi connectivity index (χ0n) is 25.8. The Morgan fingerprint density at radius 3 is 1.14 bits per heavy atom. The Morgan fingerprint density at radius 2 is 0.833 bits per heavy atom. The molecule has 11 nitrogen and oxygen atoms in total. The van der Waals surface area contributed by atoms with Crippen LogP contribution in [0, 0.1) is 39.9 Å². The number of rotatable bonds is 21. The van der Waals surface area contributed by atoms with Gasteiger partial charge in [-0.05, 0) is 6.42 Å². The Hall–Kier alpha value is -0.465. The molecule has 1 fully saturated rings. The molecule has 245 valence electrons. The number of aliphatic hydroxyl groups is 1. The van der Waals surface area contributed by atoms with E-state index in [2.05, 4.69) is 11.8 Å². The molecule has 1 aliphatic rings. The predicted molar refractivity (Wildman–Crippen MR) is 152 cm³/mol. The van der Waals surface area contributed by atoms with Crippen molar-refractivity contribution in [3.05, 3.63) is 0 Å². The molecule has 42 heavy (non-hydrogen) atoms. The van der Waals surface area contributed by atoms with Gasteiger partial charge in [-0.1, -0.05) is 84.0 Å². The van der Waals surface area contributed by atoms with Crippen molar-refractivity contribution in [3.63, 3.8) is 0 Å². The number of carboxylic acid groups (broad SMARTS) is 3. The van der Waals surface area contributed by atoms with Gasteiger partial charge in [0.1, 0.15) is 0 Å². The second kappa shape index (κ2) is 26.9. The predicted octanol–water partition coefficient (Wildman–Crippen LogP) is -1.09. The summed E-state index contributed by atoms with van der Waals surface area (Å²) in [5.41, 5.74) is 0. The maximum absolute atomic E-state index is 11.3. The van der Waals surface area contributed by atoms with E-state index in [-0.39, 0.29) is 59.6 Å². The molecular formula is C30H55GdN4O7. The van der Waals surface area contributed by atoms with Crippen LogP contribution in [0.15, 0.2) is 0 Å². The van der Waals surface area contributed by atoms with Gasteiger partial charge in [-0.3, -0.25) is 19.6 Å². The van der Waals surface area contributed by atoms with Crippen molar-refractivity contribution in [2.45, 2.75) is 96.5 Å². The van der Waals surface area contributed by atoms with Gasteiger partial charge in [0.2, 0.25) is 0 Å². The van der Waals surface area contributed by atoms with Gasteiger partial charge >= 0.3 is 39.9 Å². The van der Waals surface area contributed by atoms with Gasteiger partial charge in [0.15, 0.2) is 0 Å². The van der Waals surface area contributed by atoms with Crippen molar-refractivity contribution < 1.29 is 74.8 Å². The Morgan fingerprint density at radius 1 is 0.548 bits per heavy atom. The van der Waals surface area contributed by atoms with Crippen molar-refractivity contribution in [1.29, 1.82) is 0 Å². The van der Waals surface area contributed by atoms with E-state index in [0.29, 0.717) is 65.3 Å². The molecule has 0 aromatic rings. The molecule has 1 rings (SSSR count). The van der Waals surface area contributed by atoms with Crippen LogP contribution < -0.4 is 15.3 Å². The van der Waals surface area contributed by atoms with Crippen molar-refractivity contribution in [2.24, 2.45) is 0 Å². The molecule has 0 aliphatic carbocycles. The smallest absolute Gasteiger partial charge is 0.549 e. The molecule has 1 heterocycles. The van der Waals surface area contributed by atoms with Crippen molar-refractivity contribution in [2.75, 3.05) is 78.5 Å². The number of nitrogens with zero attached hydrogens (tertiary/aromatic N) is 4. The first-order valence-corrected chi connectivity index (χ1v) is 15.9. The minimum atomic E-state index is -1.25. The van der Waals surface area contributed by atoms with Crippen molar-refractivity contribution in [3.8, 4) is 0 Å². The van der Waals surface area contributed by atoms with Crippen LogP contribution in [-0.4, -0.2) is 127 Å². The summed E-state index contributed by atoms with van der Waals surface area (Å²) >= 11 is 0. The van der Waals surface area contributed by atoms with Gasteiger partial charge < -0.3 is 34.8 Å². The molecule has 1 atom stereocenters. The van der Waals surface area contributed by atoms with Crippen molar-refractivity contribution in [1.82, 2.24) is 19.6 Å². The van der Waals surface area contributed by atoms with Crippen LogP contribution in [0.2, 0.25) is 0 Å². The van der Waals surface area contributed by atoms with E-state index in [1.165, 1.54) is 64.2 Å². The first kappa shape index (κ1) is 41.5. The fourth-order valence-electron chi connectivity index (χ4n) is 5.39. The Bertz CT molecular complexity index is 687. The van der Waals surface area contributed by atoms with Crippen LogP contribution >= 0.6 is 0 Å². The summed E-state index contributed by atoms with van der Waals surface area (Å²) < 4.78 is 0. The molecule has 0 spiro atoms. The molecule has 0 bridgehead atoms. The molecule has 0 aromatic carbocycles. The molecule has 1 aliphatic heterocycles. The minimum Gasteiger partial charge on any atom is -0.549 e. The number of hydrogen-bond acceptors (Lipinski definition) is 11. The Labute approximate surface area is 285 Å². The Kier molecular flexibility index (Phi) is 26.6. The molecule has 0 amide bonds. The average molecular weight is 741 g/mol. The molecule has 1 radical (unpaired) electrons. The maximum atomic E-state index is 11.3. The molecule has 1 N–H and O–H groups in total. The zero-order valence-corrected chi connectivity index (χ0v) is 28.1. The van der Waals surface area contributed by atoms with E-state index in [1.807, 2.05) is 0 Å². The van der Waals surface area contributed by atoms with Gasteiger partial charge in [-0.25, -0.2) is 0 Å². The third kappa shape index (κ3) is 23.9. The quantitative estimate of drug-likeness (QED) is 0.143. The number of hydrogen-bond donors (Lipinski definition) is 1. The first-order valence-electron chi connectivity index (χ1n) is 15.9. The van der Waals surface area contributed by atoms with Gasteiger partial charge in [0.25, 0.3) is 0 Å². The van der Waals surface area contributed by atoms with Gasteiger partial charge in [0, 0.05) is 78.5 Å².